The number of benzene rings is 1. The Bertz CT molecular complexity index is 446. The Morgan fingerprint density at radius 3 is 2.89 bits per heavy atom. The van der Waals surface area contributed by atoms with Crippen molar-refractivity contribution < 1.29 is 14.3 Å². The number of rotatable bonds is 2. The van der Waals surface area contributed by atoms with E-state index in [0.29, 0.717) is 0 Å². The monoisotopic (exact) mass is 248 g/mol. The van der Waals surface area contributed by atoms with E-state index in [-0.39, 0.29) is 18.2 Å². The van der Waals surface area contributed by atoms with Crippen LogP contribution in [0.3, 0.4) is 0 Å². The molecule has 1 amide bonds. The lowest BCUT2D eigenvalue weighted by Crippen LogP contribution is -2.49. The van der Waals surface area contributed by atoms with Gasteiger partial charge in [-0.3, -0.25) is 4.90 Å². The van der Waals surface area contributed by atoms with Crippen LogP contribution in [0.15, 0.2) is 24.3 Å². The molecule has 96 valence electrons. The molecule has 1 aromatic rings. The third kappa shape index (κ3) is 1.80. The van der Waals surface area contributed by atoms with E-state index in [1.807, 2.05) is 24.3 Å². The van der Waals surface area contributed by atoms with Gasteiger partial charge in [0.2, 0.25) is 0 Å². The summed E-state index contributed by atoms with van der Waals surface area (Å²) >= 11 is 0. The van der Waals surface area contributed by atoms with Gasteiger partial charge >= 0.3 is 6.09 Å². The fourth-order valence-corrected chi connectivity index (χ4v) is 2.57. The Balaban J connectivity index is 1.87. The molecule has 5 heteroatoms. The number of carbonyl (C=O) groups excluding carboxylic acids is 1. The number of hydrogen-bond acceptors (Lipinski definition) is 4. The van der Waals surface area contributed by atoms with Crippen molar-refractivity contribution in [3.63, 3.8) is 0 Å². The zero-order valence-corrected chi connectivity index (χ0v) is 10.3. The number of ether oxygens (including phenoxy) is 2. The van der Waals surface area contributed by atoms with Crippen LogP contribution in [-0.4, -0.2) is 38.4 Å². The van der Waals surface area contributed by atoms with Crippen molar-refractivity contribution in [3.05, 3.63) is 24.3 Å². The number of nitrogens with one attached hydrogen (secondary N) is 1. The zero-order chi connectivity index (χ0) is 12.5. The van der Waals surface area contributed by atoms with Crippen LogP contribution in [0.5, 0.6) is 5.75 Å². The van der Waals surface area contributed by atoms with Crippen molar-refractivity contribution >= 4 is 11.8 Å². The van der Waals surface area contributed by atoms with Crippen molar-refractivity contribution in [2.24, 2.45) is 0 Å². The fraction of sp³-hybridized carbons (Fsp3) is 0.462. The van der Waals surface area contributed by atoms with E-state index < -0.39 is 0 Å². The average Bonchev–Trinajstić information content (AvgIpc) is 2.75. The van der Waals surface area contributed by atoms with E-state index >= 15 is 0 Å². The van der Waals surface area contributed by atoms with Gasteiger partial charge in [-0.2, -0.15) is 0 Å². The molecule has 0 saturated carbocycles. The van der Waals surface area contributed by atoms with Gasteiger partial charge in [-0.05, 0) is 37.2 Å². The van der Waals surface area contributed by atoms with E-state index in [1.54, 1.807) is 12.0 Å². The van der Waals surface area contributed by atoms with Gasteiger partial charge in [-0.1, -0.05) is 0 Å². The van der Waals surface area contributed by atoms with Gasteiger partial charge in [0.05, 0.1) is 13.2 Å². The number of methoxy groups -OCH3 is 1. The number of hydrogen-bond donors (Lipinski definition) is 1. The van der Waals surface area contributed by atoms with Gasteiger partial charge in [0, 0.05) is 12.2 Å². The zero-order valence-electron chi connectivity index (χ0n) is 10.3. The lowest BCUT2D eigenvalue weighted by Gasteiger charge is -2.28. The summed E-state index contributed by atoms with van der Waals surface area (Å²) in [6.45, 7) is 1.69. The predicted octanol–water partition coefficient (Wildman–Crippen LogP) is 1.38. The van der Waals surface area contributed by atoms with Crippen molar-refractivity contribution in [3.8, 4) is 5.75 Å². The molecule has 2 aliphatic heterocycles. The summed E-state index contributed by atoms with van der Waals surface area (Å²) in [5, 5.41) is 3.30. The Kier molecular flexibility index (Phi) is 2.83. The highest BCUT2D eigenvalue weighted by atomic mass is 16.6. The van der Waals surface area contributed by atoms with E-state index in [9.17, 15) is 4.79 Å². The van der Waals surface area contributed by atoms with E-state index in [1.165, 1.54) is 0 Å². The van der Waals surface area contributed by atoms with Gasteiger partial charge in [0.15, 0.2) is 0 Å². The van der Waals surface area contributed by atoms with Gasteiger partial charge < -0.3 is 14.8 Å². The highest BCUT2D eigenvalue weighted by Gasteiger charge is 2.43. The van der Waals surface area contributed by atoms with E-state index in [0.717, 1.165) is 30.9 Å². The largest absolute Gasteiger partial charge is 0.497 e. The molecule has 0 bridgehead atoms. The summed E-state index contributed by atoms with van der Waals surface area (Å²) in [5.41, 5.74) is 0.858. The van der Waals surface area contributed by atoms with Gasteiger partial charge in [-0.15, -0.1) is 0 Å². The molecule has 0 radical (unpaired) electrons. The first kappa shape index (κ1) is 11.3. The topological polar surface area (TPSA) is 50.8 Å². The number of amides is 1. The molecule has 2 unspecified atom stereocenters. The lowest BCUT2D eigenvalue weighted by atomic mass is 10.0. The SMILES string of the molecule is COc1ccc(N2C(=O)OC3CCNCC32)cc1. The predicted molar refractivity (Wildman–Crippen MR) is 67.0 cm³/mol. The molecule has 0 aromatic heterocycles. The van der Waals surface area contributed by atoms with E-state index in [4.69, 9.17) is 9.47 Å². The molecule has 0 aliphatic carbocycles. The maximum absolute atomic E-state index is 11.9. The first-order valence-electron chi connectivity index (χ1n) is 6.14. The third-order valence-electron chi connectivity index (χ3n) is 3.52. The Morgan fingerprint density at radius 2 is 2.17 bits per heavy atom. The molecular weight excluding hydrogens is 232 g/mol. The summed E-state index contributed by atoms with van der Waals surface area (Å²) in [6.07, 6.45) is 0.642. The van der Waals surface area contributed by atoms with Crippen LogP contribution in [-0.2, 0) is 4.74 Å². The standard InChI is InChI=1S/C13H16N2O3/c1-17-10-4-2-9(3-5-10)15-11-8-14-7-6-12(11)18-13(15)16/h2-5,11-12,14H,6-8H2,1H3. The number of anilines is 1. The first-order valence-corrected chi connectivity index (χ1v) is 6.14. The summed E-state index contributed by atoms with van der Waals surface area (Å²) in [5.74, 6) is 0.782. The molecule has 18 heavy (non-hydrogen) atoms. The minimum absolute atomic E-state index is 0.0147. The number of carbonyl (C=O) groups is 1. The highest BCUT2D eigenvalue weighted by Crippen LogP contribution is 2.30. The summed E-state index contributed by atoms with van der Waals surface area (Å²) in [4.78, 5) is 13.7. The molecule has 0 spiro atoms. The molecule has 1 aromatic carbocycles. The second kappa shape index (κ2) is 4.49. The molecule has 2 atom stereocenters. The van der Waals surface area contributed by atoms with Crippen molar-refractivity contribution in [2.45, 2.75) is 18.6 Å². The summed E-state index contributed by atoms with van der Waals surface area (Å²) in [7, 11) is 1.63. The quantitative estimate of drug-likeness (QED) is 0.859. The molecule has 2 fully saturated rings. The second-order valence-electron chi connectivity index (χ2n) is 4.55. The van der Waals surface area contributed by atoms with Crippen LogP contribution in [0.2, 0.25) is 0 Å². The molecular formula is C13H16N2O3. The second-order valence-corrected chi connectivity index (χ2v) is 4.55. The smallest absolute Gasteiger partial charge is 0.415 e. The lowest BCUT2D eigenvalue weighted by molar-refractivity contribution is 0.117. The van der Waals surface area contributed by atoms with Crippen LogP contribution < -0.4 is 15.0 Å². The van der Waals surface area contributed by atoms with Gasteiger partial charge in [0.1, 0.15) is 11.9 Å². The minimum Gasteiger partial charge on any atom is -0.497 e. The Morgan fingerprint density at radius 1 is 1.39 bits per heavy atom. The van der Waals surface area contributed by atoms with Crippen molar-refractivity contribution in [1.29, 1.82) is 0 Å². The molecule has 2 heterocycles. The van der Waals surface area contributed by atoms with Crippen molar-refractivity contribution in [2.75, 3.05) is 25.1 Å². The normalized spacial score (nSPS) is 26.7. The fourth-order valence-electron chi connectivity index (χ4n) is 2.57. The van der Waals surface area contributed by atoms with E-state index in [2.05, 4.69) is 5.32 Å². The molecule has 2 saturated heterocycles. The number of piperidine rings is 1. The molecule has 3 rings (SSSR count). The maximum Gasteiger partial charge on any atom is 0.415 e. The summed E-state index contributed by atoms with van der Waals surface area (Å²) < 4.78 is 10.5. The Hall–Kier alpha value is -1.75. The maximum atomic E-state index is 11.9. The van der Waals surface area contributed by atoms with Crippen LogP contribution in [0, 0.1) is 0 Å². The average molecular weight is 248 g/mol. The van der Waals surface area contributed by atoms with Gasteiger partial charge in [0.25, 0.3) is 0 Å². The van der Waals surface area contributed by atoms with Crippen LogP contribution in [0.4, 0.5) is 10.5 Å². The highest BCUT2D eigenvalue weighted by molar-refractivity contribution is 5.90. The first-order chi connectivity index (χ1) is 8.79. The summed E-state index contributed by atoms with van der Waals surface area (Å²) in [6, 6.07) is 7.58. The van der Waals surface area contributed by atoms with Crippen LogP contribution >= 0.6 is 0 Å². The molecule has 5 nitrogen and oxygen atoms in total. The molecule has 2 aliphatic rings. The Labute approximate surface area is 106 Å². The molecule has 1 N–H and O–H groups in total. The number of nitrogens with zero attached hydrogens (tertiary/aromatic N) is 1. The number of fused-ring (bicyclic) bond motifs is 1. The van der Waals surface area contributed by atoms with Gasteiger partial charge in [-0.25, -0.2) is 4.79 Å². The van der Waals surface area contributed by atoms with Crippen LogP contribution in [0.25, 0.3) is 0 Å². The van der Waals surface area contributed by atoms with Crippen molar-refractivity contribution in [1.82, 2.24) is 5.32 Å². The minimum atomic E-state index is -0.251. The third-order valence-corrected chi connectivity index (χ3v) is 3.52. The van der Waals surface area contributed by atoms with Crippen LogP contribution in [0.1, 0.15) is 6.42 Å².